The summed E-state index contributed by atoms with van der Waals surface area (Å²) < 4.78 is 0. The average molecular weight is 234 g/mol. The first-order valence-electron chi connectivity index (χ1n) is 6.29. The molecule has 0 atom stereocenters. The molecule has 3 heteroatoms. The second kappa shape index (κ2) is 4.58. The van der Waals surface area contributed by atoms with Gasteiger partial charge in [-0.05, 0) is 43.7 Å². The molecular formula is C13H18N2S. The minimum atomic E-state index is 0.983. The lowest BCUT2D eigenvalue weighted by Gasteiger charge is -2.13. The molecule has 1 aromatic heterocycles. The van der Waals surface area contributed by atoms with Gasteiger partial charge < -0.3 is 5.32 Å². The standard InChI is InChI=1S/C13H18N2S/c1-2-7-14-13(6-1)15-9-11-8-10-4-3-5-12(10)16-11/h8H,1-7,9H2,(H,14,15). The third-order valence-corrected chi connectivity index (χ3v) is 4.63. The van der Waals surface area contributed by atoms with Gasteiger partial charge in [-0.3, -0.25) is 4.99 Å². The number of amidine groups is 1. The molecule has 0 saturated heterocycles. The van der Waals surface area contributed by atoms with Crippen LogP contribution >= 0.6 is 11.3 Å². The predicted octanol–water partition coefficient (Wildman–Crippen LogP) is 2.91. The van der Waals surface area contributed by atoms with Crippen LogP contribution in [0.5, 0.6) is 0 Å². The van der Waals surface area contributed by atoms with Crippen molar-refractivity contribution in [3.8, 4) is 0 Å². The molecule has 86 valence electrons. The van der Waals surface area contributed by atoms with E-state index in [2.05, 4.69) is 16.4 Å². The summed E-state index contributed by atoms with van der Waals surface area (Å²) in [6.45, 7) is 2.00. The number of nitrogens with zero attached hydrogens (tertiary/aromatic N) is 1. The van der Waals surface area contributed by atoms with Crippen LogP contribution in [0.4, 0.5) is 0 Å². The van der Waals surface area contributed by atoms with Gasteiger partial charge in [0.25, 0.3) is 0 Å². The second-order valence-electron chi connectivity index (χ2n) is 4.65. The first-order valence-corrected chi connectivity index (χ1v) is 7.11. The van der Waals surface area contributed by atoms with Crippen LogP contribution in [-0.4, -0.2) is 12.4 Å². The zero-order valence-electron chi connectivity index (χ0n) is 9.59. The van der Waals surface area contributed by atoms with Crippen molar-refractivity contribution in [2.45, 2.75) is 45.1 Å². The first kappa shape index (κ1) is 10.3. The molecule has 1 aliphatic carbocycles. The highest BCUT2D eigenvalue weighted by atomic mass is 32.1. The fourth-order valence-corrected chi connectivity index (χ4v) is 3.71. The minimum Gasteiger partial charge on any atom is -0.369 e. The van der Waals surface area contributed by atoms with Gasteiger partial charge in [0.1, 0.15) is 0 Å². The smallest absolute Gasteiger partial charge is 0.0965 e. The van der Waals surface area contributed by atoms with Crippen LogP contribution in [-0.2, 0) is 19.4 Å². The Morgan fingerprint density at radius 3 is 3.00 bits per heavy atom. The molecular weight excluding hydrogens is 216 g/mol. The molecule has 16 heavy (non-hydrogen) atoms. The minimum absolute atomic E-state index is 0.983. The summed E-state index contributed by atoms with van der Waals surface area (Å²) in [6, 6.07) is 2.39. The molecule has 0 fully saturated rings. The van der Waals surface area contributed by atoms with Crippen LogP contribution in [0.25, 0.3) is 0 Å². The first-order chi connectivity index (χ1) is 7.92. The summed E-state index contributed by atoms with van der Waals surface area (Å²) in [5.41, 5.74) is 1.60. The van der Waals surface area contributed by atoms with Crippen LogP contribution in [0.3, 0.4) is 0 Å². The van der Waals surface area contributed by atoms with Gasteiger partial charge in [0.15, 0.2) is 0 Å². The van der Waals surface area contributed by atoms with Crippen molar-refractivity contribution in [3.63, 3.8) is 0 Å². The van der Waals surface area contributed by atoms with E-state index in [1.807, 2.05) is 11.3 Å². The van der Waals surface area contributed by atoms with E-state index in [4.69, 9.17) is 0 Å². The summed E-state index contributed by atoms with van der Waals surface area (Å²) in [4.78, 5) is 7.63. The Labute approximate surface area is 101 Å². The average Bonchev–Trinajstić information content (AvgIpc) is 2.88. The molecule has 0 bridgehead atoms. The monoisotopic (exact) mass is 234 g/mol. The maximum Gasteiger partial charge on any atom is 0.0965 e. The molecule has 1 aliphatic heterocycles. The lowest BCUT2D eigenvalue weighted by atomic mass is 10.2. The molecule has 0 spiro atoms. The molecule has 3 rings (SSSR count). The third kappa shape index (κ3) is 2.14. The van der Waals surface area contributed by atoms with E-state index in [0.29, 0.717) is 0 Å². The van der Waals surface area contributed by atoms with Gasteiger partial charge in [-0.2, -0.15) is 0 Å². The third-order valence-electron chi connectivity index (χ3n) is 3.39. The van der Waals surface area contributed by atoms with Crippen molar-refractivity contribution in [2.75, 3.05) is 6.54 Å². The highest BCUT2D eigenvalue weighted by Crippen LogP contribution is 2.30. The summed E-state index contributed by atoms with van der Waals surface area (Å²) in [5.74, 6) is 1.22. The van der Waals surface area contributed by atoms with Gasteiger partial charge in [0, 0.05) is 22.7 Å². The van der Waals surface area contributed by atoms with Crippen molar-refractivity contribution < 1.29 is 0 Å². The summed E-state index contributed by atoms with van der Waals surface area (Å²) in [5, 5.41) is 3.49. The molecule has 0 saturated carbocycles. The Morgan fingerprint density at radius 2 is 2.19 bits per heavy atom. The number of rotatable bonds is 2. The van der Waals surface area contributed by atoms with Crippen LogP contribution in [0, 0.1) is 0 Å². The highest BCUT2D eigenvalue weighted by Gasteiger charge is 2.14. The lowest BCUT2D eigenvalue weighted by molar-refractivity contribution is 0.707. The number of nitrogens with one attached hydrogen (secondary N) is 1. The van der Waals surface area contributed by atoms with Gasteiger partial charge in [0.2, 0.25) is 0 Å². The van der Waals surface area contributed by atoms with Crippen molar-refractivity contribution in [1.29, 1.82) is 0 Å². The van der Waals surface area contributed by atoms with Gasteiger partial charge in [-0.1, -0.05) is 0 Å². The topological polar surface area (TPSA) is 24.4 Å². The number of aryl methyl sites for hydroxylation is 2. The van der Waals surface area contributed by atoms with Gasteiger partial charge in [-0.25, -0.2) is 0 Å². The largest absolute Gasteiger partial charge is 0.369 e. The summed E-state index contributed by atoms with van der Waals surface area (Å²) in [7, 11) is 0. The highest BCUT2D eigenvalue weighted by molar-refractivity contribution is 7.12. The van der Waals surface area contributed by atoms with E-state index >= 15 is 0 Å². The van der Waals surface area contributed by atoms with E-state index < -0.39 is 0 Å². The summed E-state index contributed by atoms with van der Waals surface area (Å²) >= 11 is 1.99. The number of hydrogen-bond acceptors (Lipinski definition) is 3. The van der Waals surface area contributed by atoms with E-state index in [0.717, 1.165) is 19.5 Å². The fourth-order valence-electron chi connectivity index (χ4n) is 2.51. The number of thiophene rings is 1. The van der Waals surface area contributed by atoms with E-state index in [-0.39, 0.29) is 0 Å². The van der Waals surface area contributed by atoms with E-state index in [1.54, 1.807) is 10.4 Å². The number of hydrogen-bond donors (Lipinski definition) is 1. The quantitative estimate of drug-likeness (QED) is 0.836. The van der Waals surface area contributed by atoms with Crippen molar-refractivity contribution >= 4 is 17.2 Å². The maximum atomic E-state index is 4.52. The molecule has 2 nitrogen and oxygen atoms in total. The maximum absolute atomic E-state index is 4.52. The van der Waals surface area contributed by atoms with Gasteiger partial charge in [0.05, 0.1) is 12.4 Å². The second-order valence-corrected chi connectivity index (χ2v) is 5.88. The Bertz CT molecular complexity index is 385. The number of aliphatic imine (C=N–C) groups is 1. The van der Waals surface area contributed by atoms with E-state index in [1.165, 1.54) is 42.8 Å². The molecule has 0 unspecified atom stereocenters. The van der Waals surface area contributed by atoms with E-state index in [9.17, 15) is 0 Å². The Balaban J connectivity index is 1.59. The van der Waals surface area contributed by atoms with Crippen LogP contribution in [0.15, 0.2) is 11.1 Å². The number of fused-ring (bicyclic) bond motifs is 1. The van der Waals surface area contributed by atoms with Crippen LogP contribution in [0.2, 0.25) is 0 Å². The molecule has 0 radical (unpaired) electrons. The van der Waals surface area contributed by atoms with Gasteiger partial charge in [-0.15, -0.1) is 11.3 Å². The molecule has 2 aliphatic rings. The predicted molar refractivity (Wildman–Crippen MR) is 69.3 cm³/mol. The Morgan fingerprint density at radius 1 is 1.19 bits per heavy atom. The molecule has 2 heterocycles. The normalized spacial score (nSPS) is 19.4. The zero-order valence-corrected chi connectivity index (χ0v) is 10.4. The molecule has 0 aromatic carbocycles. The fraction of sp³-hybridized carbons (Fsp3) is 0.615. The van der Waals surface area contributed by atoms with Crippen molar-refractivity contribution in [3.05, 3.63) is 21.4 Å². The van der Waals surface area contributed by atoms with Crippen molar-refractivity contribution in [1.82, 2.24) is 5.32 Å². The van der Waals surface area contributed by atoms with Crippen LogP contribution in [0.1, 0.15) is 41.0 Å². The van der Waals surface area contributed by atoms with Crippen molar-refractivity contribution in [2.24, 2.45) is 4.99 Å². The molecule has 1 aromatic rings. The van der Waals surface area contributed by atoms with Crippen LogP contribution < -0.4 is 5.32 Å². The Kier molecular flexibility index (Phi) is 2.96. The zero-order chi connectivity index (χ0) is 10.8. The molecule has 1 N–H and O–H groups in total. The summed E-state index contributed by atoms with van der Waals surface area (Å²) in [6.07, 6.45) is 7.67. The molecule has 0 amide bonds. The SMILES string of the molecule is c1c(CNC2=NCCCC2)sc2c1CCC2. The van der Waals surface area contributed by atoms with Gasteiger partial charge >= 0.3 is 0 Å². The lowest BCUT2D eigenvalue weighted by Crippen LogP contribution is -2.24. The Hall–Kier alpha value is -0.830.